The van der Waals surface area contributed by atoms with E-state index in [1.165, 1.54) is 7.11 Å². The number of alkyl halides is 3. The maximum Gasteiger partial charge on any atom is 0.490 e. The number of carbonyl (C=O) groups is 3. The fourth-order valence-electron chi connectivity index (χ4n) is 5.21. The summed E-state index contributed by atoms with van der Waals surface area (Å²) in [5.41, 5.74) is 1.20. The third-order valence-electron chi connectivity index (χ3n) is 7.55. The van der Waals surface area contributed by atoms with Crippen molar-refractivity contribution in [1.82, 2.24) is 16.0 Å². The number of hydrogen-bond acceptors (Lipinski definition) is 10. The molecule has 0 aliphatic carbocycles. The summed E-state index contributed by atoms with van der Waals surface area (Å²) in [5, 5.41) is 6.78. The number of sulfone groups is 2. The van der Waals surface area contributed by atoms with Crippen molar-refractivity contribution in [2.45, 2.75) is 82.1 Å². The lowest BCUT2D eigenvalue weighted by Gasteiger charge is -2.31. The molecule has 3 N–H and O–H groups in total. The van der Waals surface area contributed by atoms with Gasteiger partial charge >= 0.3 is 12.1 Å². The lowest BCUT2D eigenvalue weighted by molar-refractivity contribution is -0.206. The first-order valence-electron chi connectivity index (χ1n) is 16.0. The highest BCUT2D eigenvalue weighted by Gasteiger charge is 2.44. The molecule has 0 aliphatic rings. The monoisotopic (exact) mass is 749 g/mol. The van der Waals surface area contributed by atoms with E-state index in [0.717, 1.165) is 6.26 Å². The van der Waals surface area contributed by atoms with E-state index in [2.05, 4.69) is 16.0 Å². The average molecular weight is 750 g/mol. The molecule has 0 saturated heterocycles. The van der Waals surface area contributed by atoms with Gasteiger partial charge in [0.15, 0.2) is 19.7 Å². The van der Waals surface area contributed by atoms with Crippen LogP contribution in [0.25, 0.3) is 0 Å². The first kappa shape index (κ1) is 42.5. The highest BCUT2D eigenvalue weighted by Crippen LogP contribution is 2.21. The number of ether oxygens (including phenoxy) is 2. The van der Waals surface area contributed by atoms with Gasteiger partial charge in [0.1, 0.15) is 23.6 Å². The number of amides is 2. The second-order valence-electron chi connectivity index (χ2n) is 11.9. The molecule has 2 aromatic carbocycles. The number of esters is 1. The normalized spacial score (nSPS) is 14.0. The Labute approximate surface area is 291 Å². The fraction of sp³-hybridized carbons (Fsp3) is 0.545. The minimum absolute atomic E-state index is 0.0991. The Morgan fingerprint density at radius 1 is 0.880 bits per heavy atom. The molecule has 0 aliphatic heterocycles. The summed E-state index contributed by atoms with van der Waals surface area (Å²) in [5.74, 6) is -6.21. The standard InChI is InChI=1S/C33H46F3N3O9S2/c1-5-11-26(12-6-2)50(45,46)21-28(38-30(40)22-49(4,43)44)31(41)39-27(18-23-13-8-7-9-14-23)29(48-32(42)33(34,35)36)20-37-19-24-15-10-16-25(17-24)47-3/h7-10,13-17,26-29,37H,5-6,11-12,18-22H2,1-4H3,(H,38,40)(H,39,41)/t27-,28+,29+/m0/s1. The van der Waals surface area contributed by atoms with Crippen LogP contribution in [-0.4, -0.2) is 95.6 Å². The van der Waals surface area contributed by atoms with E-state index in [0.29, 0.717) is 29.7 Å². The van der Waals surface area contributed by atoms with E-state index in [-0.39, 0.29) is 25.8 Å². The lowest BCUT2D eigenvalue weighted by atomic mass is 10.00. The Morgan fingerprint density at radius 2 is 1.50 bits per heavy atom. The van der Waals surface area contributed by atoms with E-state index in [4.69, 9.17) is 9.47 Å². The van der Waals surface area contributed by atoms with Gasteiger partial charge in [-0.3, -0.25) is 9.59 Å². The maximum absolute atomic E-state index is 13.9. The quantitative estimate of drug-likeness (QED) is 0.161. The Kier molecular flexibility index (Phi) is 16.7. The zero-order valence-electron chi connectivity index (χ0n) is 28.5. The van der Waals surface area contributed by atoms with Crippen LogP contribution in [0.1, 0.15) is 50.7 Å². The van der Waals surface area contributed by atoms with Crippen molar-refractivity contribution in [3.8, 4) is 5.75 Å². The van der Waals surface area contributed by atoms with Crippen molar-refractivity contribution in [2.75, 3.05) is 31.4 Å². The number of hydrogen-bond donors (Lipinski definition) is 3. The highest BCUT2D eigenvalue weighted by atomic mass is 32.2. The van der Waals surface area contributed by atoms with Crippen LogP contribution in [0.5, 0.6) is 5.75 Å². The van der Waals surface area contributed by atoms with Crippen LogP contribution in [0.2, 0.25) is 0 Å². The zero-order chi connectivity index (χ0) is 37.5. The van der Waals surface area contributed by atoms with Crippen LogP contribution in [0.15, 0.2) is 54.6 Å². The van der Waals surface area contributed by atoms with E-state index < -0.39 is 85.1 Å². The van der Waals surface area contributed by atoms with Crippen LogP contribution in [-0.2, 0) is 51.8 Å². The molecule has 3 atom stereocenters. The predicted molar refractivity (Wildman–Crippen MR) is 182 cm³/mol. The van der Waals surface area contributed by atoms with Crippen molar-refractivity contribution >= 4 is 37.5 Å². The molecule has 0 aromatic heterocycles. The SMILES string of the molecule is CCCC(CCC)S(=O)(=O)C[C@@H](NC(=O)CS(C)(=O)=O)C(=O)N[C@@H](Cc1ccccc1)[C@@H](CNCc1cccc(OC)c1)OC(=O)C(F)(F)F. The minimum Gasteiger partial charge on any atom is -0.497 e. The van der Waals surface area contributed by atoms with Crippen LogP contribution < -0.4 is 20.7 Å². The van der Waals surface area contributed by atoms with E-state index in [1.807, 2.05) is 0 Å². The molecule has 2 aromatic rings. The van der Waals surface area contributed by atoms with Gasteiger partial charge in [0, 0.05) is 19.3 Å². The molecular weight excluding hydrogens is 704 g/mol. The number of halogens is 3. The summed E-state index contributed by atoms with van der Waals surface area (Å²) < 4.78 is 101. The second kappa shape index (κ2) is 19.6. The van der Waals surface area contributed by atoms with Gasteiger partial charge in [0.25, 0.3) is 0 Å². The Morgan fingerprint density at radius 3 is 2.06 bits per heavy atom. The van der Waals surface area contributed by atoms with Gasteiger partial charge in [-0.05, 0) is 42.5 Å². The van der Waals surface area contributed by atoms with Crippen molar-refractivity contribution in [2.24, 2.45) is 0 Å². The molecule has 2 rings (SSSR count). The summed E-state index contributed by atoms with van der Waals surface area (Å²) in [6.07, 6.45) is -4.87. The van der Waals surface area contributed by atoms with Gasteiger partial charge in [0.05, 0.1) is 24.2 Å². The number of rotatable bonds is 21. The van der Waals surface area contributed by atoms with Crippen molar-refractivity contribution < 1.29 is 53.9 Å². The molecule has 280 valence electrons. The molecule has 0 spiro atoms. The van der Waals surface area contributed by atoms with Crippen molar-refractivity contribution in [1.29, 1.82) is 0 Å². The molecule has 0 saturated carbocycles. The van der Waals surface area contributed by atoms with Gasteiger partial charge in [-0.1, -0.05) is 69.2 Å². The highest BCUT2D eigenvalue weighted by molar-refractivity contribution is 7.92. The lowest BCUT2D eigenvalue weighted by Crippen LogP contribution is -2.58. The Bertz CT molecular complexity index is 1620. The molecule has 0 fully saturated rings. The molecular formula is C33H46F3N3O9S2. The van der Waals surface area contributed by atoms with Crippen LogP contribution in [0.3, 0.4) is 0 Å². The first-order valence-corrected chi connectivity index (χ1v) is 19.8. The largest absolute Gasteiger partial charge is 0.497 e. The zero-order valence-corrected chi connectivity index (χ0v) is 30.1. The Hall–Kier alpha value is -3.70. The third kappa shape index (κ3) is 15.0. The Balaban J connectivity index is 2.52. The summed E-state index contributed by atoms with van der Waals surface area (Å²) in [4.78, 5) is 38.7. The van der Waals surface area contributed by atoms with Crippen molar-refractivity contribution in [3.05, 3.63) is 65.7 Å². The molecule has 12 nitrogen and oxygen atoms in total. The van der Waals surface area contributed by atoms with Gasteiger partial charge in [-0.25, -0.2) is 21.6 Å². The molecule has 0 unspecified atom stereocenters. The first-order chi connectivity index (χ1) is 23.4. The molecule has 0 radical (unpaired) electrons. The molecule has 0 bridgehead atoms. The number of carbonyl (C=O) groups excluding carboxylic acids is 3. The third-order valence-corrected chi connectivity index (χ3v) is 10.6. The summed E-state index contributed by atoms with van der Waals surface area (Å²) in [6, 6.07) is 11.8. The van der Waals surface area contributed by atoms with E-state index in [1.54, 1.807) is 68.4 Å². The topological polar surface area (TPSA) is 174 Å². The summed E-state index contributed by atoms with van der Waals surface area (Å²) in [7, 11) is -6.49. The van der Waals surface area contributed by atoms with Crippen molar-refractivity contribution in [3.63, 3.8) is 0 Å². The number of methoxy groups -OCH3 is 1. The summed E-state index contributed by atoms with van der Waals surface area (Å²) in [6.45, 7) is 3.28. The molecule has 17 heteroatoms. The molecule has 50 heavy (non-hydrogen) atoms. The van der Waals surface area contributed by atoms with Crippen LogP contribution in [0.4, 0.5) is 13.2 Å². The van der Waals surface area contributed by atoms with Gasteiger partial charge in [-0.15, -0.1) is 0 Å². The second-order valence-corrected chi connectivity index (χ2v) is 16.4. The van der Waals surface area contributed by atoms with E-state index >= 15 is 0 Å². The van der Waals surface area contributed by atoms with Gasteiger partial charge in [-0.2, -0.15) is 13.2 Å². The van der Waals surface area contributed by atoms with Crippen LogP contribution >= 0.6 is 0 Å². The minimum atomic E-state index is -5.38. The predicted octanol–water partition coefficient (Wildman–Crippen LogP) is 2.90. The van der Waals surface area contributed by atoms with E-state index in [9.17, 15) is 44.4 Å². The van der Waals surface area contributed by atoms with Crippen LogP contribution in [0, 0.1) is 0 Å². The maximum atomic E-state index is 13.9. The van der Waals surface area contributed by atoms with Gasteiger partial charge in [0.2, 0.25) is 11.8 Å². The molecule has 0 heterocycles. The fourth-order valence-corrected chi connectivity index (χ4v) is 7.93. The average Bonchev–Trinajstić information content (AvgIpc) is 3.02. The summed E-state index contributed by atoms with van der Waals surface area (Å²) >= 11 is 0. The van der Waals surface area contributed by atoms with Gasteiger partial charge < -0.3 is 25.4 Å². The number of benzene rings is 2. The molecule has 2 amide bonds. The number of nitrogens with one attached hydrogen (secondary N) is 3. The smallest absolute Gasteiger partial charge is 0.490 e.